The monoisotopic (exact) mass is 302 g/mol. The first kappa shape index (κ1) is 15.2. The SMILES string of the molecule is CCOCC1CCCN(c2cc(C)nc3c(F)cccc23)C1. The zero-order valence-electron chi connectivity index (χ0n) is 13.3. The summed E-state index contributed by atoms with van der Waals surface area (Å²) in [4.78, 5) is 6.74. The van der Waals surface area contributed by atoms with E-state index in [9.17, 15) is 4.39 Å². The van der Waals surface area contributed by atoms with Gasteiger partial charge >= 0.3 is 0 Å². The summed E-state index contributed by atoms with van der Waals surface area (Å²) in [7, 11) is 0. The molecule has 0 aliphatic carbocycles. The van der Waals surface area contributed by atoms with E-state index in [1.165, 1.54) is 12.5 Å². The second-order valence-electron chi connectivity index (χ2n) is 6.03. The number of anilines is 1. The van der Waals surface area contributed by atoms with Crippen LogP contribution in [0.4, 0.5) is 10.1 Å². The molecule has 0 spiro atoms. The van der Waals surface area contributed by atoms with Gasteiger partial charge in [-0.25, -0.2) is 9.37 Å². The molecule has 1 saturated heterocycles. The van der Waals surface area contributed by atoms with Crippen molar-refractivity contribution < 1.29 is 9.13 Å². The van der Waals surface area contributed by atoms with Crippen LogP contribution in [0.25, 0.3) is 10.9 Å². The zero-order chi connectivity index (χ0) is 15.5. The van der Waals surface area contributed by atoms with Crippen LogP contribution in [0.2, 0.25) is 0 Å². The molecule has 3 rings (SSSR count). The standard InChI is InChI=1S/C18H23FN2O/c1-3-22-12-14-6-5-9-21(11-14)17-10-13(2)20-18-15(17)7-4-8-16(18)19/h4,7-8,10,14H,3,5-6,9,11-12H2,1-2H3. The number of pyridine rings is 1. The average molecular weight is 302 g/mol. The molecule has 0 radical (unpaired) electrons. The Morgan fingerprint density at radius 3 is 3.09 bits per heavy atom. The molecule has 118 valence electrons. The fourth-order valence-electron chi connectivity index (χ4n) is 3.29. The lowest BCUT2D eigenvalue weighted by atomic mass is 9.97. The number of fused-ring (bicyclic) bond motifs is 1. The maximum atomic E-state index is 14.1. The van der Waals surface area contributed by atoms with Gasteiger partial charge in [-0.15, -0.1) is 0 Å². The van der Waals surface area contributed by atoms with Gasteiger partial charge in [0.05, 0.1) is 6.61 Å². The quantitative estimate of drug-likeness (QED) is 0.855. The molecule has 4 heteroatoms. The van der Waals surface area contributed by atoms with Crippen LogP contribution in [-0.2, 0) is 4.74 Å². The van der Waals surface area contributed by atoms with Crippen LogP contribution in [0, 0.1) is 18.7 Å². The summed E-state index contributed by atoms with van der Waals surface area (Å²) in [5, 5.41) is 0.905. The highest BCUT2D eigenvalue weighted by Crippen LogP contribution is 2.31. The van der Waals surface area contributed by atoms with E-state index in [1.807, 2.05) is 19.9 Å². The van der Waals surface area contributed by atoms with Crippen molar-refractivity contribution in [2.75, 3.05) is 31.2 Å². The number of benzene rings is 1. The zero-order valence-corrected chi connectivity index (χ0v) is 13.3. The van der Waals surface area contributed by atoms with Gasteiger partial charge < -0.3 is 9.64 Å². The topological polar surface area (TPSA) is 25.4 Å². The predicted octanol–water partition coefficient (Wildman–Crippen LogP) is 3.94. The van der Waals surface area contributed by atoms with Crippen LogP contribution in [0.3, 0.4) is 0 Å². The molecule has 1 unspecified atom stereocenters. The molecule has 0 saturated carbocycles. The van der Waals surface area contributed by atoms with E-state index >= 15 is 0 Å². The second kappa shape index (κ2) is 6.61. The first-order valence-corrected chi connectivity index (χ1v) is 8.07. The van der Waals surface area contributed by atoms with Crippen LogP contribution in [-0.4, -0.2) is 31.3 Å². The van der Waals surface area contributed by atoms with Crippen molar-refractivity contribution in [3.05, 3.63) is 35.8 Å². The predicted molar refractivity (Wildman–Crippen MR) is 87.9 cm³/mol. The van der Waals surface area contributed by atoms with E-state index in [-0.39, 0.29) is 5.82 Å². The minimum Gasteiger partial charge on any atom is -0.381 e. The van der Waals surface area contributed by atoms with Crippen molar-refractivity contribution in [1.29, 1.82) is 0 Å². The summed E-state index contributed by atoms with van der Waals surface area (Å²) in [6, 6.07) is 7.28. The Hall–Kier alpha value is -1.68. The Labute approximate surface area is 131 Å². The van der Waals surface area contributed by atoms with Gasteiger partial charge in [-0.2, -0.15) is 0 Å². The highest BCUT2D eigenvalue weighted by molar-refractivity contribution is 5.92. The molecule has 3 nitrogen and oxygen atoms in total. The molecule has 0 bridgehead atoms. The van der Waals surface area contributed by atoms with E-state index in [4.69, 9.17) is 4.74 Å². The molecule has 0 N–H and O–H groups in total. The van der Waals surface area contributed by atoms with Crippen molar-refractivity contribution in [2.24, 2.45) is 5.92 Å². The fraction of sp³-hybridized carbons (Fsp3) is 0.500. The van der Waals surface area contributed by atoms with Crippen molar-refractivity contribution in [3.63, 3.8) is 0 Å². The lowest BCUT2D eigenvalue weighted by molar-refractivity contribution is 0.104. The molecule has 1 fully saturated rings. The van der Waals surface area contributed by atoms with Crippen molar-refractivity contribution in [2.45, 2.75) is 26.7 Å². The van der Waals surface area contributed by atoms with Crippen molar-refractivity contribution >= 4 is 16.6 Å². The van der Waals surface area contributed by atoms with Gasteiger partial charge in [-0.1, -0.05) is 12.1 Å². The largest absolute Gasteiger partial charge is 0.381 e. The van der Waals surface area contributed by atoms with E-state index in [2.05, 4.69) is 16.0 Å². The van der Waals surface area contributed by atoms with Crippen LogP contribution in [0.5, 0.6) is 0 Å². The number of aromatic nitrogens is 1. The minimum absolute atomic E-state index is 0.245. The molecule has 1 aliphatic rings. The van der Waals surface area contributed by atoms with E-state index in [1.54, 1.807) is 6.07 Å². The molecule has 2 heterocycles. The number of hydrogen-bond donors (Lipinski definition) is 0. The Balaban J connectivity index is 1.93. The van der Waals surface area contributed by atoms with Gasteiger partial charge in [0.25, 0.3) is 0 Å². The summed E-state index contributed by atoms with van der Waals surface area (Å²) < 4.78 is 19.6. The molecule has 0 amide bonds. The van der Waals surface area contributed by atoms with Gasteiger partial charge in [0.15, 0.2) is 0 Å². The Kier molecular flexibility index (Phi) is 4.57. The molecule has 22 heavy (non-hydrogen) atoms. The number of rotatable bonds is 4. The van der Waals surface area contributed by atoms with E-state index < -0.39 is 0 Å². The summed E-state index contributed by atoms with van der Waals surface area (Å²) in [5.41, 5.74) is 2.44. The third kappa shape index (κ3) is 3.07. The highest BCUT2D eigenvalue weighted by Gasteiger charge is 2.22. The molecule has 2 aromatic rings. The number of aryl methyl sites for hydroxylation is 1. The minimum atomic E-state index is -0.245. The summed E-state index contributed by atoms with van der Waals surface area (Å²) in [5.74, 6) is 0.302. The van der Waals surface area contributed by atoms with Crippen LogP contribution < -0.4 is 4.90 Å². The third-order valence-corrected chi connectivity index (χ3v) is 4.31. The molecule has 1 aliphatic heterocycles. The Morgan fingerprint density at radius 1 is 1.41 bits per heavy atom. The number of nitrogens with zero attached hydrogens (tertiary/aromatic N) is 2. The summed E-state index contributed by atoms with van der Waals surface area (Å²) >= 11 is 0. The van der Waals surface area contributed by atoms with Gasteiger partial charge in [-0.3, -0.25) is 0 Å². The number of piperidine rings is 1. The second-order valence-corrected chi connectivity index (χ2v) is 6.03. The maximum absolute atomic E-state index is 14.1. The number of halogens is 1. The van der Waals surface area contributed by atoms with Crippen LogP contribution in [0.1, 0.15) is 25.5 Å². The molecule has 1 aromatic heterocycles. The van der Waals surface area contributed by atoms with Gasteiger partial charge in [0, 0.05) is 36.5 Å². The normalized spacial score (nSPS) is 18.9. The van der Waals surface area contributed by atoms with Gasteiger partial charge in [-0.05, 0) is 44.7 Å². The summed E-state index contributed by atoms with van der Waals surface area (Å²) in [6.07, 6.45) is 2.35. The van der Waals surface area contributed by atoms with Crippen LogP contribution >= 0.6 is 0 Å². The van der Waals surface area contributed by atoms with Gasteiger partial charge in [0.1, 0.15) is 11.3 Å². The smallest absolute Gasteiger partial charge is 0.149 e. The molecular formula is C18H23FN2O. The van der Waals surface area contributed by atoms with Crippen molar-refractivity contribution in [1.82, 2.24) is 4.98 Å². The molecule has 1 aromatic carbocycles. The Bertz CT molecular complexity index is 659. The van der Waals surface area contributed by atoms with Gasteiger partial charge in [0.2, 0.25) is 0 Å². The average Bonchev–Trinajstić information content (AvgIpc) is 2.53. The van der Waals surface area contributed by atoms with E-state index in [0.717, 1.165) is 49.5 Å². The van der Waals surface area contributed by atoms with Crippen LogP contribution in [0.15, 0.2) is 24.3 Å². The lowest BCUT2D eigenvalue weighted by Gasteiger charge is -2.35. The maximum Gasteiger partial charge on any atom is 0.149 e. The van der Waals surface area contributed by atoms with Crippen molar-refractivity contribution in [3.8, 4) is 0 Å². The summed E-state index contributed by atoms with van der Waals surface area (Å²) in [6.45, 7) is 7.51. The fourth-order valence-corrected chi connectivity index (χ4v) is 3.29. The number of para-hydroxylation sites is 1. The van der Waals surface area contributed by atoms with E-state index in [0.29, 0.717) is 11.4 Å². The molecular weight excluding hydrogens is 279 g/mol. The lowest BCUT2D eigenvalue weighted by Crippen LogP contribution is -2.37. The Morgan fingerprint density at radius 2 is 2.27 bits per heavy atom. The first-order chi connectivity index (χ1) is 10.7. The third-order valence-electron chi connectivity index (χ3n) is 4.31. The number of ether oxygens (including phenoxy) is 1. The number of hydrogen-bond acceptors (Lipinski definition) is 3. The highest BCUT2D eigenvalue weighted by atomic mass is 19.1. The first-order valence-electron chi connectivity index (χ1n) is 8.07. The molecule has 1 atom stereocenters.